The van der Waals surface area contributed by atoms with Crippen molar-refractivity contribution in [1.29, 1.82) is 0 Å². The van der Waals surface area contributed by atoms with E-state index in [9.17, 15) is 36.9 Å². The van der Waals surface area contributed by atoms with Crippen LogP contribution in [0.5, 0.6) is 5.75 Å². The number of carbonyl (C=O) groups excluding carboxylic acids is 1. The first-order valence-electron chi connectivity index (χ1n) is 13.9. The largest absolute Gasteiger partial charge is 0.504 e. The van der Waals surface area contributed by atoms with Gasteiger partial charge in [0.25, 0.3) is 5.69 Å². The zero-order valence-electron chi connectivity index (χ0n) is 24.9. The summed E-state index contributed by atoms with van der Waals surface area (Å²) in [5, 5.41) is 25.8. The number of rotatable bonds is 7. The number of sulfonamides is 2. The molecule has 3 N–H and O–H groups in total. The van der Waals surface area contributed by atoms with Gasteiger partial charge in [0.1, 0.15) is 14.8 Å². The molecule has 0 aliphatic carbocycles. The molecule has 0 unspecified atom stereocenters. The molecule has 0 bridgehead atoms. The first-order valence-corrected chi connectivity index (χ1v) is 18.7. The molecule has 2 saturated heterocycles. The van der Waals surface area contributed by atoms with Crippen LogP contribution >= 0.6 is 58.0 Å². The molecule has 266 valence electrons. The highest BCUT2D eigenvalue weighted by atomic mass is 35.5. The fourth-order valence-electron chi connectivity index (χ4n) is 4.50. The van der Waals surface area contributed by atoms with Gasteiger partial charge in [0.15, 0.2) is 5.75 Å². The highest BCUT2D eigenvalue weighted by Gasteiger charge is 2.34. The second-order valence-corrected chi connectivity index (χ2v) is 15.7. The number of phenols is 1. The average molecular weight is 822 g/mol. The predicted molar refractivity (Wildman–Crippen MR) is 184 cm³/mol. The van der Waals surface area contributed by atoms with Gasteiger partial charge in [-0.05, 0) is 30.3 Å². The number of phenolic OH excluding ortho intramolecular Hbond substituents is 1. The number of amides is 2. The summed E-state index contributed by atoms with van der Waals surface area (Å²) in [6.45, 7) is 1.53. The van der Waals surface area contributed by atoms with Crippen LogP contribution in [0.25, 0.3) is 0 Å². The van der Waals surface area contributed by atoms with E-state index in [-0.39, 0.29) is 84.1 Å². The maximum Gasteiger partial charge on any atom is 0.323 e. The van der Waals surface area contributed by atoms with Crippen LogP contribution in [-0.2, 0) is 29.5 Å². The number of nitrogens with zero attached hydrogens (tertiary/aromatic N) is 3. The summed E-state index contributed by atoms with van der Waals surface area (Å²) in [4.78, 5) is 21.5. The van der Waals surface area contributed by atoms with Crippen LogP contribution in [0.3, 0.4) is 0 Å². The van der Waals surface area contributed by atoms with Gasteiger partial charge in [-0.3, -0.25) is 10.1 Å². The average Bonchev–Trinajstić information content (AvgIpc) is 3.05. The number of benzene rings is 3. The summed E-state index contributed by atoms with van der Waals surface area (Å²) in [7, 11) is -8.09. The molecule has 3 aromatic rings. The van der Waals surface area contributed by atoms with Gasteiger partial charge < -0.3 is 25.2 Å². The minimum Gasteiger partial charge on any atom is -0.504 e. The van der Waals surface area contributed by atoms with Crippen molar-refractivity contribution in [2.75, 3.05) is 63.2 Å². The molecule has 22 heteroatoms. The lowest BCUT2D eigenvalue weighted by molar-refractivity contribution is -0.384. The Kier molecular flexibility index (Phi) is 13.2. The van der Waals surface area contributed by atoms with Crippen LogP contribution in [0.15, 0.2) is 52.3 Å². The third-order valence-corrected chi connectivity index (χ3v) is 13.0. The molecular weight excluding hydrogens is 796 g/mol. The summed E-state index contributed by atoms with van der Waals surface area (Å²) >= 11 is 29.7. The van der Waals surface area contributed by atoms with Gasteiger partial charge in [0.05, 0.1) is 62.8 Å². The van der Waals surface area contributed by atoms with E-state index in [1.165, 1.54) is 18.2 Å². The van der Waals surface area contributed by atoms with E-state index < -0.39 is 57.3 Å². The zero-order chi connectivity index (χ0) is 36.1. The second-order valence-electron chi connectivity index (χ2n) is 9.95. The van der Waals surface area contributed by atoms with E-state index in [0.717, 1.165) is 20.7 Å². The number of nitro benzene ring substituents is 1. The molecule has 3 aromatic carbocycles. The highest BCUT2D eigenvalue weighted by molar-refractivity contribution is 7.89. The Hall–Kier alpha value is -2.68. The Morgan fingerprint density at radius 3 is 1.76 bits per heavy atom. The predicted octanol–water partition coefficient (Wildman–Crippen LogP) is 5.94. The molecule has 2 aliphatic rings. The van der Waals surface area contributed by atoms with Gasteiger partial charge in [-0.1, -0.05) is 64.1 Å². The van der Waals surface area contributed by atoms with E-state index in [2.05, 4.69) is 10.6 Å². The molecule has 2 amide bonds. The van der Waals surface area contributed by atoms with E-state index >= 15 is 0 Å². The normalized spacial score (nSPS) is 15.9. The van der Waals surface area contributed by atoms with Crippen molar-refractivity contribution in [2.24, 2.45) is 0 Å². The lowest BCUT2D eigenvalue weighted by atomic mass is 10.3. The molecule has 2 fully saturated rings. The summed E-state index contributed by atoms with van der Waals surface area (Å²) < 4.78 is 63.3. The third kappa shape index (κ3) is 8.98. The highest BCUT2D eigenvalue weighted by Crippen LogP contribution is 2.40. The third-order valence-electron chi connectivity index (χ3n) is 6.89. The van der Waals surface area contributed by atoms with E-state index in [1.807, 2.05) is 0 Å². The minimum atomic E-state index is -4.09. The molecule has 2 heterocycles. The molecule has 0 radical (unpaired) electrons. The van der Waals surface area contributed by atoms with Crippen molar-refractivity contribution in [3.05, 3.63) is 77.7 Å². The number of hydrogen-bond acceptors (Lipinski definition) is 10. The van der Waals surface area contributed by atoms with Gasteiger partial charge in [-0.15, -0.1) is 0 Å². The number of morpholine rings is 2. The monoisotopic (exact) mass is 819 g/mol. The van der Waals surface area contributed by atoms with Crippen molar-refractivity contribution >= 4 is 101 Å². The van der Waals surface area contributed by atoms with E-state index in [0.29, 0.717) is 0 Å². The quantitative estimate of drug-likeness (QED) is 0.146. The molecule has 0 spiro atoms. The Bertz CT molecular complexity index is 1960. The lowest BCUT2D eigenvalue weighted by Crippen LogP contribution is -2.40. The zero-order valence-corrected chi connectivity index (χ0v) is 30.3. The number of anilines is 2. The molecule has 15 nitrogen and oxygen atoms in total. The number of urea groups is 1. The Morgan fingerprint density at radius 2 is 1.20 bits per heavy atom. The maximum absolute atomic E-state index is 12.9. The van der Waals surface area contributed by atoms with Crippen molar-refractivity contribution in [3.8, 4) is 5.75 Å². The molecule has 0 aromatic heterocycles. The Balaban J connectivity index is 0.000000237. The van der Waals surface area contributed by atoms with Gasteiger partial charge >= 0.3 is 6.03 Å². The van der Waals surface area contributed by atoms with Crippen LogP contribution < -0.4 is 10.6 Å². The summed E-state index contributed by atoms with van der Waals surface area (Å²) in [5.41, 5.74) is -0.397. The minimum absolute atomic E-state index is 0.128. The van der Waals surface area contributed by atoms with Gasteiger partial charge in [-0.25, -0.2) is 21.6 Å². The second kappa shape index (κ2) is 16.6. The number of hydrogen-bond donors (Lipinski definition) is 3. The molecule has 0 saturated carbocycles. The molecule has 5 rings (SSSR count). The number of carbonyl (C=O) groups is 1. The molecule has 49 heavy (non-hydrogen) atoms. The summed E-state index contributed by atoms with van der Waals surface area (Å²) in [6.07, 6.45) is 0. The Morgan fingerprint density at radius 1 is 0.714 bits per heavy atom. The van der Waals surface area contributed by atoms with Crippen LogP contribution in [-0.4, -0.2) is 94.1 Å². The van der Waals surface area contributed by atoms with Gasteiger partial charge in [0.2, 0.25) is 20.0 Å². The SMILES string of the molecule is O=C(Nc1ccc(Cl)c(S(=O)(=O)N2CCOCC2)c1O)Nc1cccc(Cl)c1Cl.O=[N+]([O-])c1ccc(Cl)c(S(=O)(=O)N2CCOCC2)c1Cl. The molecule has 2 aliphatic heterocycles. The van der Waals surface area contributed by atoms with E-state index in [1.54, 1.807) is 12.1 Å². The molecular formula is C27H26Cl5N5O10S2. The van der Waals surface area contributed by atoms with Gasteiger partial charge in [-0.2, -0.15) is 8.61 Å². The summed E-state index contributed by atoms with van der Waals surface area (Å²) in [5.74, 6) is -0.670. The lowest BCUT2D eigenvalue weighted by Gasteiger charge is -2.27. The standard InChI is InChI=1S/C17H16Cl3N3O5S.C10H10Cl2N2O5S/c18-10-2-1-3-12(14(10)20)21-17(25)22-13-5-4-11(19)16(15(13)24)29(26,27)23-6-8-28-9-7-23;11-7-1-2-8(14(15)16)9(12)10(7)20(17,18)13-3-5-19-6-4-13/h1-5,24H,6-9H2,(H2,21,22,25);1-2H,3-6H2. The maximum atomic E-state index is 12.9. The smallest absolute Gasteiger partial charge is 0.323 e. The van der Waals surface area contributed by atoms with E-state index in [4.69, 9.17) is 67.5 Å². The fraction of sp³-hybridized carbons (Fsp3) is 0.296. The number of nitrogens with one attached hydrogen (secondary N) is 2. The Labute approximate surface area is 305 Å². The number of halogens is 5. The first kappa shape index (κ1) is 39.1. The van der Waals surface area contributed by atoms with Gasteiger partial charge in [0, 0.05) is 32.2 Å². The number of nitro groups is 1. The fourth-order valence-corrected chi connectivity index (χ4v) is 9.41. The number of ether oxygens (including phenoxy) is 2. The van der Waals surface area contributed by atoms with Crippen LogP contribution in [0.1, 0.15) is 0 Å². The number of aromatic hydroxyl groups is 1. The van der Waals surface area contributed by atoms with Crippen molar-refractivity contribution in [1.82, 2.24) is 8.61 Å². The van der Waals surface area contributed by atoms with Crippen molar-refractivity contribution in [3.63, 3.8) is 0 Å². The van der Waals surface area contributed by atoms with Crippen LogP contribution in [0.4, 0.5) is 21.9 Å². The first-order chi connectivity index (χ1) is 23.1. The van der Waals surface area contributed by atoms with Crippen LogP contribution in [0, 0.1) is 10.1 Å². The molecule has 0 atom stereocenters. The van der Waals surface area contributed by atoms with Crippen molar-refractivity contribution in [2.45, 2.75) is 9.79 Å². The van der Waals surface area contributed by atoms with Crippen molar-refractivity contribution < 1.29 is 41.1 Å². The topological polar surface area (TPSA) is 198 Å². The van der Waals surface area contributed by atoms with Crippen LogP contribution in [0.2, 0.25) is 25.1 Å². The summed E-state index contributed by atoms with van der Waals surface area (Å²) in [6, 6.07) is 8.70.